The zero-order chi connectivity index (χ0) is 12.9. The molecule has 0 aromatic heterocycles. The van der Waals surface area contributed by atoms with Gasteiger partial charge in [0.1, 0.15) is 12.1 Å². The molecular weight excluding hydrogens is 214 g/mol. The molecule has 3 atom stereocenters. The van der Waals surface area contributed by atoms with E-state index in [9.17, 15) is 14.4 Å². The maximum atomic E-state index is 11.4. The standard InChI is InChI=1S/C9H17N3O4/c1-4(10)7(13)11-5(2)8(14)12-6(3)9(15)16/h4-6H,10H2,1-3H3,(H,11,13)(H,12,14)(H,15,16)/t4-,5-,6-/m1/s1. The predicted octanol–water partition coefficient (Wildman–Crippen LogP) is -1.57. The molecular formula is C9H17N3O4. The molecule has 5 N–H and O–H groups in total. The van der Waals surface area contributed by atoms with Gasteiger partial charge in [0.15, 0.2) is 0 Å². The minimum Gasteiger partial charge on any atom is -0.480 e. The quantitative estimate of drug-likeness (QED) is 0.455. The molecule has 0 bridgehead atoms. The third-order valence-corrected chi connectivity index (χ3v) is 1.89. The number of rotatable bonds is 5. The number of carboxylic acid groups (broad SMARTS) is 1. The van der Waals surface area contributed by atoms with Crippen molar-refractivity contribution >= 4 is 17.8 Å². The molecule has 0 saturated heterocycles. The van der Waals surface area contributed by atoms with Gasteiger partial charge in [-0.25, -0.2) is 0 Å². The molecule has 16 heavy (non-hydrogen) atoms. The number of amides is 2. The summed E-state index contributed by atoms with van der Waals surface area (Å²) in [6.07, 6.45) is 0. The highest BCUT2D eigenvalue weighted by Crippen LogP contribution is 1.88. The molecule has 2 amide bonds. The summed E-state index contributed by atoms with van der Waals surface area (Å²) in [6.45, 7) is 4.27. The average Bonchev–Trinajstić information content (AvgIpc) is 2.16. The maximum absolute atomic E-state index is 11.4. The molecule has 0 unspecified atom stereocenters. The van der Waals surface area contributed by atoms with Crippen LogP contribution < -0.4 is 16.4 Å². The first-order chi connectivity index (χ1) is 7.25. The molecule has 0 aliphatic heterocycles. The van der Waals surface area contributed by atoms with E-state index >= 15 is 0 Å². The topological polar surface area (TPSA) is 122 Å². The SMILES string of the molecule is C[C@@H](N)C(=O)N[C@H](C)C(=O)N[C@H](C)C(=O)O. The van der Waals surface area contributed by atoms with Crippen LogP contribution in [0.3, 0.4) is 0 Å². The fourth-order valence-electron chi connectivity index (χ4n) is 0.811. The number of carbonyl (C=O) groups is 3. The minimum atomic E-state index is -1.14. The molecule has 7 nitrogen and oxygen atoms in total. The first-order valence-corrected chi connectivity index (χ1v) is 4.84. The van der Waals surface area contributed by atoms with E-state index in [0.717, 1.165) is 0 Å². The van der Waals surface area contributed by atoms with Crippen LogP contribution in [0.5, 0.6) is 0 Å². The van der Waals surface area contributed by atoms with Crippen molar-refractivity contribution in [1.29, 1.82) is 0 Å². The van der Waals surface area contributed by atoms with Crippen LogP contribution >= 0.6 is 0 Å². The molecule has 0 radical (unpaired) electrons. The lowest BCUT2D eigenvalue weighted by Gasteiger charge is -2.17. The molecule has 0 spiro atoms. The molecule has 7 heteroatoms. The fourth-order valence-corrected chi connectivity index (χ4v) is 0.811. The second-order valence-corrected chi connectivity index (χ2v) is 3.59. The van der Waals surface area contributed by atoms with Gasteiger partial charge in [0.25, 0.3) is 0 Å². The van der Waals surface area contributed by atoms with Crippen LogP contribution in [-0.4, -0.2) is 41.0 Å². The van der Waals surface area contributed by atoms with E-state index in [1.807, 2.05) is 0 Å². The summed E-state index contributed by atoms with van der Waals surface area (Å²) in [5.41, 5.74) is 5.30. The molecule has 92 valence electrons. The van der Waals surface area contributed by atoms with Gasteiger partial charge in [-0.1, -0.05) is 0 Å². The van der Waals surface area contributed by atoms with Crippen LogP contribution in [0.4, 0.5) is 0 Å². The van der Waals surface area contributed by atoms with E-state index in [4.69, 9.17) is 10.8 Å². The molecule has 0 aromatic carbocycles. The summed E-state index contributed by atoms with van der Waals surface area (Å²) in [6, 6.07) is -2.53. The van der Waals surface area contributed by atoms with Gasteiger partial charge in [-0.15, -0.1) is 0 Å². The number of hydrogen-bond acceptors (Lipinski definition) is 4. The van der Waals surface area contributed by atoms with E-state index in [1.165, 1.54) is 20.8 Å². The summed E-state index contributed by atoms with van der Waals surface area (Å²) in [5.74, 6) is -2.17. The molecule has 0 saturated carbocycles. The van der Waals surface area contributed by atoms with Crippen molar-refractivity contribution in [1.82, 2.24) is 10.6 Å². The Morgan fingerprint density at radius 3 is 1.81 bits per heavy atom. The first-order valence-electron chi connectivity index (χ1n) is 4.84. The zero-order valence-corrected chi connectivity index (χ0v) is 9.48. The van der Waals surface area contributed by atoms with E-state index in [1.54, 1.807) is 0 Å². The van der Waals surface area contributed by atoms with Crippen LogP contribution in [0, 0.1) is 0 Å². The van der Waals surface area contributed by atoms with Gasteiger partial charge in [-0.05, 0) is 20.8 Å². The molecule has 0 aliphatic rings. The Balaban J connectivity index is 4.19. The third kappa shape index (κ3) is 4.74. The molecule has 0 fully saturated rings. The predicted molar refractivity (Wildman–Crippen MR) is 56.5 cm³/mol. The van der Waals surface area contributed by atoms with Gasteiger partial charge < -0.3 is 21.5 Å². The number of aliphatic carboxylic acids is 1. The van der Waals surface area contributed by atoms with Gasteiger partial charge in [0.2, 0.25) is 11.8 Å². The number of carboxylic acids is 1. The van der Waals surface area contributed by atoms with Crippen molar-refractivity contribution in [2.45, 2.75) is 38.9 Å². The third-order valence-electron chi connectivity index (χ3n) is 1.89. The summed E-state index contributed by atoms with van der Waals surface area (Å²) in [5, 5.41) is 13.1. The Morgan fingerprint density at radius 1 is 1.00 bits per heavy atom. The lowest BCUT2D eigenvalue weighted by molar-refractivity contribution is -0.141. The highest BCUT2D eigenvalue weighted by atomic mass is 16.4. The van der Waals surface area contributed by atoms with Gasteiger partial charge in [0.05, 0.1) is 6.04 Å². The average molecular weight is 231 g/mol. The van der Waals surface area contributed by atoms with Gasteiger partial charge in [0, 0.05) is 0 Å². The van der Waals surface area contributed by atoms with Crippen LogP contribution in [0.1, 0.15) is 20.8 Å². The second-order valence-electron chi connectivity index (χ2n) is 3.59. The van der Waals surface area contributed by atoms with Crippen LogP contribution in [-0.2, 0) is 14.4 Å². The largest absolute Gasteiger partial charge is 0.480 e. The van der Waals surface area contributed by atoms with Crippen LogP contribution in [0.25, 0.3) is 0 Å². The normalized spacial score (nSPS) is 15.8. The molecule has 0 aliphatic carbocycles. The number of nitrogens with two attached hydrogens (primary N) is 1. The van der Waals surface area contributed by atoms with Crippen molar-refractivity contribution in [3.05, 3.63) is 0 Å². The summed E-state index contributed by atoms with van der Waals surface area (Å²) < 4.78 is 0. The van der Waals surface area contributed by atoms with E-state index in [0.29, 0.717) is 0 Å². The van der Waals surface area contributed by atoms with Crippen molar-refractivity contribution in [2.75, 3.05) is 0 Å². The number of nitrogens with one attached hydrogen (secondary N) is 2. The summed E-state index contributed by atoms with van der Waals surface area (Å²) in [4.78, 5) is 33.0. The Morgan fingerprint density at radius 2 is 1.44 bits per heavy atom. The molecule has 0 rings (SSSR count). The fraction of sp³-hybridized carbons (Fsp3) is 0.667. The maximum Gasteiger partial charge on any atom is 0.325 e. The Labute approximate surface area is 93.4 Å². The summed E-state index contributed by atoms with van der Waals surface area (Å²) >= 11 is 0. The molecule has 0 heterocycles. The van der Waals surface area contributed by atoms with E-state index in [2.05, 4.69) is 10.6 Å². The highest BCUT2D eigenvalue weighted by molar-refractivity contribution is 5.91. The smallest absolute Gasteiger partial charge is 0.325 e. The van der Waals surface area contributed by atoms with Gasteiger partial charge in [-0.3, -0.25) is 14.4 Å². The van der Waals surface area contributed by atoms with Crippen LogP contribution in [0.15, 0.2) is 0 Å². The van der Waals surface area contributed by atoms with Gasteiger partial charge >= 0.3 is 5.97 Å². The monoisotopic (exact) mass is 231 g/mol. The van der Waals surface area contributed by atoms with Crippen molar-refractivity contribution in [3.8, 4) is 0 Å². The van der Waals surface area contributed by atoms with E-state index in [-0.39, 0.29) is 0 Å². The van der Waals surface area contributed by atoms with Crippen molar-refractivity contribution < 1.29 is 19.5 Å². The Hall–Kier alpha value is -1.63. The van der Waals surface area contributed by atoms with E-state index < -0.39 is 35.9 Å². The lowest BCUT2D eigenvalue weighted by atomic mass is 10.2. The lowest BCUT2D eigenvalue weighted by Crippen LogP contribution is -2.52. The highest BCUT2D eigenvalue weighted by Gasteiger charge is 2.21. The molecule has 0 aromatic rings. The number of hydrogen-bond donors (Lipinski definition) is 4. The first kappa shape index (κ1) is 14.4. The van der Waals surface area contributed by atoms with Crippen molar-refractivity contribution in [3.63, 3.8) is 0 Å². The van der Waals surface area contributed by atoms with Gasteiger partial charge in [-0.2, -0.15) is 0 Å². The minimum absolute atomic E-state index is 0.467. The Kier molecular flexibility index (Phi) is 5.44. The summed E-state index contributed by atoms with van der Waals surface area (Å²) in [7, 11) is 0. The number of carbonyl (C=O) groups excluding carboxylic acids is 2. The second kappa shape index (κ2) is 6.06. The van der Waals surface area contributed by atoms with Crippen LogP contribution in [0.2, 0.25) is 0 Å². The zero-order valence-electron chi connectivity index (χ0n) is 9.48. The Bertz CT molecular complexity index is 290. The van der Waals surface area contributed by atoms with Crippen molar-refractivity contribution in [2.24, 2.45) is 5.73 Å².